The third-order valence-corrected chi connectivity index (χ3v) is 8.62. The van der Waals surface area contributed by atoms with E-state index in [1.54, 1.807) is 0 Å². The highest BCUT2D eigenvalue weighted by Gasteiger charge is 2.61. The minimum atomic E-state index is -0.851. The molecule has 0 amide bonds. The molecular formula is C25H44O5. The minimum absolute atomic E-state index is 0.0530. The predicted octanol–water partition coefficient (Wildman–Crippen LogP) is 4.48. The van der Waals surface area contributed by atoms with Crippen molar-refractivity contribution in [3.05, 3.63) is 0 Å². The molecule has 0 saturated heterocycles. The summed E-state index contributed by atoms with van der Waals surface area (Å²) in [5.41, 5.74) is -1.48. The van der Waals surface area contributed by atoms with E-state index in [9.17, 15) is 15.0 Å². The SMILES string of the molecule is CCC(C)CC(C)(C(=O)OC12CC3CC(CC(OCC(O)CO)(C3)C1)C2)C(C)(C)C. The molecule has 0 aromatic carbocycles. The second kappa shape index (κ2) is 8.37. The quantitative estimate of drug-likeness (QED) is 0.534. The fraction of sp³-hybridized carbons (Fsp3) is 0.960. The molecule has 4 rings (SSSR count). The molecule has 4 fully saturated rings. The molecule has 30 heavy (non-hydrogen) atoms. The molecule has 4 aliphatic carbocycles. The molecule has 0 radical (unpaired) electrons. The lowest BCUT2D eigenvalue weighted by atomic mass is 9.52. The summed E-state index contributed by atoms with van der Waals surface area (Å²) in [6.45, 7) is 12.8. The summed E-state index contributed by atoms with van der Waals surface area (Å²) in [5, 5.41) is 19.0. The van der Waals surface area contributed by atoms with E-state index < -0.39 is 17.1 Å². The Morgan fingerprint density at radius 3 is 2.17 bits per heavy atom. The Morgan fingerprint density at radius 1 is 1.10 bits per heavy atom. The lowest BCUT2D eigenvalue weighted by molar-refractivity contribution is -0.246. The Morgan fingerprint density at radius 2 is 1.67 bits per heavy atom. The van der Waals surface area contributed by atoms with Crippen LogP contribution in [0.25, 0.3) is 0 Å². The summed E-state index contributed by atoms with van der Waals surface area (Å²) >= 11 is 0. The molecule has 174 valence electrons. The number of aliphatic hydroxyl groups is 2. The van der Waals surface area contributed by atoms with Gasteiger partial charge < -0.3 is 19.7 Å². The van der Waals surface area contributed by atoms with Gasteiger partial charge in [0.25, 0.3) is 0 Å². The van der Waals surface area contributed by atoms with Crippen molar-refractivity contribution in [3.8, 4) is 0 Å². The van der Waals surface area contributed by atoms with Crippen molar-refractivity contribution in [2.24, 2.45) is 28.6 Å². The first-order chi connectivity index (χ1) is 13.9. The second-order valence-corrected chi connectivity index (χ2v) is 12.2. The van der Waals surface area contributed by atoms with Gasteiger partial charge in [-0.1, -0.05) is 41.0 Å². The molecular weight excluding hydrogens is 380 g/mol. The molecule has 4 aliphatic rings. The van der Waals surface area contributed by atoms with Crippen LogP contribution in [0, 0.1) is 28.6 Å². The number of aliphatic hydroxyl groups excluding tert-OH is 2. The zero-order valence-corrected chi connectivity index (χ0v) is 20.0. The maximum absolute atomic E-state index is 13.7. The van der Waals surface area contributed by atoms with E-state index in [4.69, 9.17) is 9.47 Å². The van der Waals surface area contributed by atoms with Crippen LogP contribution in [0.5, 0.6) is 0 Å². The largest absolute Gasteiger partial charge is 0.459 e. The number of carbonyl (C=O) groups is 1. The molecule has 5 heteroatoms. The van der Waals surface area contributed by atoms with Gasteiger partial charge in [-0.25, -0.2) is 0 Å². The van der Waals surface area contributed by atoms with Gasteiger partial charge in [-0.3, -0.25) is 4.79 Å². The van der Waals surface area contributed by atoms with Crippen LogP contribution >= 0.6 is 0 Å². The highest BCUT2D eigenvalue weighted by Crippen LogP contribution is 2.61. The van der Waals surface area contributed by atoms with Crippen molar-refractivity contribution >= 4 is 5.97 Å². The molecule has 0 aliphatic heterocycles. The van der Waals surface area contributed by atoms with E-state index >= 15 is 0 Å². The van der Waals surface area contributed by atoms with E-state index in [2.05, 4.69) is 41.5 Å². The van der Waals surface area contributed by atoms with E-state index in [0.29, 0.717) is 17.8 Å². The first kappa shape index (κ1) is 24.0. The number of hydrogen-bond acceptors (Lipinski definition) is 5. The van der Waals surface area contributed by atoms with Gasteiger partial charge in [0.15, 0.2) is 0 Å². The molecule has 5 unspecified atom stereocenters. The maximum Gasteiger partial charge on any atom is 0.312 e. The first-order valence-electron chi connectivity index (χ1n) is 12.0. The van der Waals surface area contributed by atoms with Crippen LogP contribution in [0.1, 0.15) is 92.9 Å². The first-order valence-corrected chi connectivity index (χ1v) is 12.0. The van der Waals surface area contributed by atoms with Gasteiger partial charge in [-0.2, -0.15) is 0 Å². The average molecular weight is 425 g/mol. The summed E-state index contributed by atoms with van der Waals surface area (Å²) in [6.07, 6.45) is 6.78. The van der Waals surface area contributed by atoms with Crippen LogP contribution < -0.4 is 0 Å². The van der Waals surface area contributed by atoms with Crippen LogP contribution in [0.15, 0.2) is 0 Å². The monoisotopic (exact) mass is 424 g/mol. The number of carbonyl (C=O) groups excluding carboxylic acids is 1. The van der Waals surface area contributed by atoms with E-state index in [1.165, 1.54) is 6.42 Å². The highest BCUT2D eigenvalue weighted by molar-refractivity contribution is 5.78. The topological polar surface area (TPSA) is 76.0 Å². The van der Waals surface area contributed by atoms with Gasteiger partial charge in [0.2, 0.25) is 0 Å². The van der Waals surface area contributed by atoms with Gasteiger partial charge in [0.05, 0.1) is 24.2 Å². The van der Waals surface area contributed by atoms with Gasteiger partial charge in [0, 0.05) is 6.42 Å². The Balaban J connectivity index is 1.80. The molecule has 4 saturated carbocycles. The van der Waals surface area contributed by atoms with Gasteiger partial charge in [-0.05, 0) is 68.6 Å². The normalized spacial score (nSPS) is 36.9. The Kier molecular flexibility index (Phi) is 6.69. The van der Waals surface area contributed by atoms with Crippen molar-refractivity contribution in [2.75, 3.05) is 13.2 Å². The third-order valence-electron chi connectivity index (χ3n) is 8.62. The molecule has 4 bridgehead atoms. The number of ether oxygens (including phenoxy) is 2. The Hall–Kier alpha value is -0.650. The molecule has 0 aromatic heterocycles. The standard InChI is InChI=1S/C25H44O5/c1-7-17(2)9-23(6,22(3,4)5)21(28)30-25-12-18-8-19(13-25)11-24(10-18,16-25)29-15-20(27)14-26/h17-20,26-27H,7-16H2,1-6H3. The lowest BCUT2D eigenvalue weighted by Crippen LogP contribution is -2.62. The summed E-state index contributed by atoms with van der Waals surface area (Å²) in [7, 11) is 0. The minimum Gasteiger partial charge on any atom is -0.459 e. The lowest BCUT2D eigenvalue weighted by Gasteiger charge is -2.61. The average Bonchev–Trinajstić information content (AvgIpc) is 2.63. The fourth-order valence-corrected chi connectivity index (χ4v) is 6.56. The molecule has 2 N–H and O–H groups in total. The zero-order chi connectivity index (χ0) is 22.4. The summed E-state index contributed by atoms with van der Waals surface area (Å²) in [4.78, 5) is 13.7. The van der Waals surface area contributed by atoms with Gasteiger partial charge >= 0.3 is 5.97 Å². The Labute approximate surface area is 182 Å². The van der Waals surface area contributed by atoms with Crippen molar-refractivity contribution < 1.29 is 24.5 Å². The van der Waals surface area contributed by atoms with Crippen LogP contribution in [0.4, 0.5) is 0 Å². The third kappa shape index (κ3) is 4.59. The molecule has 0 aromatic rings. The maximum atomic E-state index is 13.7. The molecule has 0 heterocycles. The fourth-order valence-electron chi connectivity index (χ4n) is 6.56. The molecule has 0 spiro atoms. The van der Waals surface area contributed by atoms with Gasteiger partial charge in [-0.15, -0.1) is 0 Å². The predicted molar refractivity (Wildman–Crippen MR) is 117 cm³/mol. The zero-order valence-electron chi connectivity index (χ0n) is 20.0. The summed E-state index contributed by atoms with van der Waals surface area (Å²) in [6, 6.07) is 0. The van der Waals surface area contributed by atoms with Crippen LogP contribution in [-0.2, 0) is 14.3 Å². The number of esters is 1. The smallest absolute Gasteiger partial charge is 0.312 e. The van der Waals surface area contributed by atoms with Crippen molar-refractivity contribution in [1.82, 2.24) is 0 Å². The van der Waals surface area contributed by atoms with E-state index in [-0.39, 0.29) is 30.2 Å². The van der Waals surface area contributed by atoms with Crippen molar-refractivity contribution in [1.29, 1.82) is 0 Å². The molecule has 5 nitrogen and oxygen atoms in total. The number of rotatable bonds is 9. The summed E-state index contributed by atoms with van der Waals surface area (Å²) < 4.78 is 12.8. The van der Waals surface area contributed by atoms with Crippen LogP contribution in [0.3, 0.4) is 0 Å². The highest BCUT2D eigenvalue weighted by atomic mass is 16.6. The van der Waals surface area contributed by atoms with Crippen LogP contribution in [0.2, 0.25) is 0 Å². The second-order valence-electron chi connectivity index (χ2n) is 12.2. The molecule has 5 atom stereocenters. The summed E-state index contributed by atoms with van der Waals surface area (Å²) in [5.74, 6) is 1.44. The Bertz CT molecular complexity index is 610. The van der Waals surface area contributed by atoms with Gasteiger partial charge in [0.1, 0.15) is 11.7 Å². The van der Waals surface area contributed by atoms with Crippen LogP contribution in [-0.4, -0.2) is 46.7 Å². The van der Waals surface area contributed by atoms with Crippen molar-refractivity contribution in [2.45, 2.75) is 110 Å². The van der Waals surface area contributed by atoms with E-state index in [1.807, 2.05) is 0 Å². The van der Waals surface area contributed by atoms with E-state index in [0.717, 1.165) is 44.9 Å². The number of hydrogen-bond donors (Lipinski definition) is 2. The van der Waals surface area contributed by atoms with Crippen molar-refractivity contribution in [3.63, 3.8) is 0 Å².